The molecule has 0 saturated carbocycles. The van der Waals surface area contributed by atoms with Gasteiger partial charge in [0.1, 0.15) is 11.6 Å². The van der Waals surface area contributed by atoms with E-state index in [2.05, 4.69) is 64.1 Å². The number of carbonyl (C=O) groups is 1. The van der Waals surface area contributed by atoms with Crippen molar-refractivity contribution < 1.29 is 13.6 Å². The van der Waals surface area contributed by atoms with Crippen molar-refractivity contribution in [3.8, 4) is 5.75 Å². The van der Waals surface area contributed by atoms with Gasteiger partial charge in [-0.1, -0.05) is 39.0 Å². The van der Waals surface area contributed by atoms with Crippen LogP contribution in [0.1, 0.15) is 76.0 Å². The molecule has 1 unspecified atom stereocenters. The lowest BCUT2D eigenvalue weighted by Gasteiger charge is -2.47. The monoisotopic (exact) mass is 567 g/mol. The van der Waals surface area contributed by atoms with Crippen LogP contribution in [-0.4, -0.2) is 73.7 Å². The average molecular weight is 568 g/mol. The number of carbonyl (C=O) groups excluding carboxylic acids is 1. The second-order valence-electron chi connectivity index (χ2n) is 12.7. The molecule has 0 radical (unpaired) electrons. The van der Waals surface area contributed by atoms with Gasteiger partial charge in [0, 0.05) is 55.9 Å². The van der Waals surface area contributed by atoms with E-state index in [1.807, 2.05) is 55.2 Å². The second kappa shape index (κ2) is 13.0. The third-order valence-electron chi connectivity index (χ3n) is 8.82. The lowest BCUT2D eigenvalue weighted by Crippen LogP contribution is -2.57. The van der Waals surface area contributed by atoms with Crippen molar-refractivity contribution in [2.75, 3.05) is 32.7 Å². The van der Waals surface area contributed by atoms with Gasteiger partial charge in [0.05, 0.1) is 6.04 Å². The molecule has 3 atom stereocenters. The van der Waals surface area contributed by atoms with Gasteiger partial charge in [-0.15, -0.1) is 6.58 Å². The molecular formula is C33H50FN3O2Si. The maximum absolute atomic E-state index is 15.8. The number of benzene rings is 2. The van der Waals surface area contributed by atoms with E-state index in [4.69, 9.17) is 4.43 Å². The molecule has 220 valence electrons. The Morgan fingerprint density at radius 1 is 1.10 bits per heavy atom. The minimum absolute atomic E-state index is 0.0177. The average Bonchev–Trinajstić information content (AvgIpc) is 2.89. The molecule has 7 heteroatoms. The summed E-state index contributed by atoms with van der Waals surface area (Å²) in [6.07, 6.45) is 1.95. The van der Waals surface area contributed by atoms with E-state index < -0.39 is 8.32 Å². The van der Waals surface area contributed by atoms with Gasteiger partial charge in [0.2, 0.25) is 8.32 Å². The van der Waals surface area contributed by atoms with Crippen LogP contribution in [0.4, 0.5) is 4.39 Å². The van der Waals surface area contributed by atoms with Gasteiger partial charge in [-0.25, -0.2) is 4.39 Å². The number of halogens is 1. The van der Waals surface area contributed by atoms with E-state index >= 15 is 4.39 Å². The fraction of sp³-hybridized carbons (Fsp3) is 0.545. The van der Waals surface area contributed by atoms with Gasteiger partial charge in [-0.2, -0.15) is 0 Å². The lowest BCUT2D eigenvalue weighted by atomic mass is 9.92. The van der Waals surface area contributed by atoms with E-state index in [0.717, 1.165) is 25.2 Å². The normalized spacial score (nSPS) is 19.8. The van der Waals surface area contributed by atoms with E-state index in [1.54, 1.807) is 12.1 Å². The Hall–Kier alpha value is -2.48. The maximum Gasteiger partial charge on any atom is 0.253 e. The summed E-state index contributed by atoms with van der Waals surface area (Å²) in [6, 6.07) is 13.1. The number of amides is 1. The van der Waals surface area contributed by atoms with Gasteiger partial charge in [-0.3, -0.25) is 14.6 Å². The number of hydrogen-bond donors (Lipinski definition) is 0. The van der Waals surface area contributed by atoms with Crippen LogP contribution in [0, 0.1) is 5.82 Å². The standard InChI is InChI=1S/C33H50FN3O2Si/c1-11-20-36-22-25(5)37(23-24(36)4)31(26-14-16-27(17-15-26)32(38)35(12-2)13-3)29-21-28(18-19-30(29)34)39-40(9,10)33(6,7)8/h11,14-19,21,24-25,31H,1,12-13,20,22-23H2,2-10H3/t24-,25+,31?/m0/s1. The maximum atomic E-state index is 15.8. The summed E-state index contributed by atoms with van der Waals surface area (Å²) in [5, 5.41) is 0.0274. The van der Waals surface area contributed by atoms with E-state index in [9.17, 15) is 4.79 Å². The summed E-state index contributed by atoms with van der Waals surface area (Å²) in [4.78, 5) is 19.6. The van der Waals surface area contributed by atoms with E-state index in [0.29, 0.717) is 30.0 Å². The molecule has 5 nitrogen and oxygen atoms in total. The summed E-state index contributed by atoms with van der Waals surface area (Å²) >= 11 is 0. The Morgan fingerprint density at radius 3 is 2.27 bits per heavy atom. The molecule has 1 heterocycles. The first-order valence-corrected chi connectivity index (χ1v) is 17.6. The predicted octanol–water partition coefficient (Wildman–Crippen LogP) is 7.36. The van der Waals surface area contributed by atoms with Crippen LogP contribution >= 0.6 is 0 Å². The smallest absolute Gasteiger partial charge is 0.253 e. The van der Waals surface area contributed by atoms with E-state index in [-0.39, 0.29) is 34.9 Å². The zero-order valence-corrected chi connectivity index (χ0v) is 27.1. The molecule has 40 heavy (non-hydrogen) atoms. The van der Waals surface area contributed by atoms with Crippen molar-refractivity contribution in [1.29, 1.82) is 0 Å². The summed E-state index contributed by atoms with van der Waals surface area (Å²) in [5.41, 5.74) is 2.23. The molecule has 0 N–H and O–H groups in total. The predicted molar refractivity (Wildman–Crippen MR) is 167 cm³/mol. The van der Waals surface area contributed by atoms with Crippen molar-refractivity contribution in [2.45, 2.75) is 84.7 Å². The number of piperazine rings is 1. The first kappa shape index (κ1) is 32.0. The summed E-state index contributed by atoms with van der Waals surface area (Å²) in [6.45, 7) is 27.2. The summed E-state index contributed by atoms with van der Waals surface area (Å²) in [5.74, 6) is 0.487. The van der Waals surface area contributed by atoms with Crippen LogP contribution in [-0.2, 0) is 0 Å². The molecule has 3 rings (SSSR count). The molecule has 2 aromatic carbocycles. The van der Waals surface area contributed by atoms with Crippen molar-refractivity contribution >= 4 is 14.2 Å². The van der Waals surface area contributed by atoms with Gasteiger partial charge >= 0.3 is 0 Å². The highest BCUT2D eigenvalue weighted by Gasteiger charge is 2.40. The molecule has 0 spiro atoms. The second-order valence-corrected chi connectivity index (χ2v) is 17.4. The van der Waals surface area contributed by atoms with Gasteiger partial charge in [-0.05, 0) is 81.7 Å². The molecular weight excluding hydrogens is 517 g/mol. The number of hydrogen-bond acceptors (Lipinski definition) is 4. The minimum atomic E-state index is -2.11. The van der Waals surface area contributed by atoms with Crippen molar-refractivity contribution in [1.82, 2.24) is 14.7 Å². The zero-order chi connectivity index (χ0) is 29.8. The Morgan fingerprint density at radius 2 is 1.73 bits per heavy atom. The van der Waals surface area contributed by atoms with Crippen molar-refractivity contribution in [2.24, 2.45) is 0 Å². The van der Waals surface area contributed by atoms with Crippen molar-refractivity contribution in [3.63, 3.8) is 0 Å². The fourth-order valence-electron chi connectivity index (χ4n) is 5.30. The Labute approximate surface area is 243 Å². The zero-order valence-electron chi connectivity index (χ0n) is 26.1. The summed E-state index contributed by atoms with van der Waals surface area (Å²) in [7, 11) is -2.11. The van der Waals surface area contributed by atoms with Crippen LogP contribution in [0.2, 0.25) is 18.1 Å². The summed E-state index contributed by atoms with van der Waals surface area (Å²) < 4.78 is 22.4. The molecule has 1 amide bonds. The van der Waals surface area contributed by atoms with Crippen LogP contribution in [0.3, 0.4) is 0 Å². The quantitative estimate of drug-likeness (QED) is 0.222. The fourth-order valence-corrected chi connectivity index (χ4v) is 6.32. The Kier molecular flexibility index (Phi) is 10.4. The minimum Gasteiger partial charge on any atom is -0.543 e. The van der Waals surface area contributed by atoms with Crippen LogP contribution in [0.5, 0.6) is 5.75 Å². The highest BCUT2D eigenvalue weighted by molar-refractivity contribution is 6.74. The SMILES string of the molecule is C=CCN1C[C@@H](C)N(C(c2ccc(C(=O)N(CC)CC)cc2)c2cc(O[Si](C)(C)C(C)(C)C)ccc2F)C[C@@H]1C. The highest BCUT2D eigenvalue weighted by atomic mass is 28.4. The number of nitrogens with zero attached hydrogens (tertiary/aromatic N) is 3. The molecule has 0 aromatic heterocycles. The van der Waals surface area contributed by atoms with Gasteiger partial charge < -0.3 is 9.33 Å². The van der Waals surface area contributed by atoms with Crippen LogP contribution in [0.25, 0.3) is 0 Å². The third kappa shape index (κ3) is 7.04. The number of rotatable bonds is 10. The lowest BCUT2D eigenvalue weighted by molar-refractivity contribution is 0.0298. The van der Waals surface area contributed by atoms with Gasteiger partial charge in [0.15, 0.2) is 0 Å². The molecule has 2 aromatic rings. The first-order valence-electron chi connectivity index (χ1n) is 14.7. The van der Waals surface area contributed by atoms with Crippen LogP contribution < -0.4 is 4.43 Å². The molecule has 1 saturated heterocycles. The topological polar surface area (TPSA) is 36.0 Å². The molecule has 1 fully saturated rings. The largest absolute Gasteiger partial charge is 0.543 e. The molecule has 0 bridgehead atoms. The third-order valence-corrected chi connectivity index (χ3v) is 13.2. The van der Waals surface area contributed by atoms with Crippen molar-refractivity contribution in [3.05, 3.63) is 77.6 Å². The molecule has 1 aliphatic rings. The van der Waals surface area contributed by atoms with Crippen LogP contribution in [0.15, 0.2) is 55.1 Å². The molecule has 1 aliphatic heterocycles. The van der Waals surface area contributed by atoms with E-state index in [1.165, 1.54) is 0 Å². The Balaban J connectivity index is 2.09. The Bertz CT molecular complexity index is 1160. The first-order chi connectivity index (χ1) is 18.7. The highest BCUT2D eigenvalue weighted by Crippen LogP contribution is 2.40. The molecule has 0 aliphatic carbocycles. The van der Waals surface area contributed by atoms with Gasteiger partial charge in [0.25, 0.3) is 5.91 Å².